The van der Waals surface area contributed by atoms with Gasteiger partial charge in [-0.2, -0.15) is 0 Å². The number of hydrogen-bond acceptors (Lipinski definition) is 4. The third-order valence-corrected chi connectivity index (χ3v) is 6.65. The van der Waals surface area contributed by atoms with Gasteiger partial charge in [-0.05, 0) is 49.9 Å². The standard InChI is InChI=1S/C24H28N4OS/c1-17-10-9-11-18(2)22(17)25-21(29)16-30-24-27-26-23(19-12-5-3-6-13-19)28(24)20-14-7-4-8-15-20/h4,7-11,14-15,19H,3,5-6,12-13,16H2,1-2H3,(H,25,29). The van der Waals surface area contributed by atoms with E-state index in [2.05, 4.69) is 32.2 Å². The molecule has 0 bridgehead atoms. The number of aryl methyl sites for hydroxylation is 2. The number of benzene rings is 2. The summed E-state index contributed by atoms with van der Waals surface area (Å²) in [4.78, 5) is 12.7. The summed E-state index contributed by atoms with van der Waals surface area (Å²) in [7, 11) is 0. The molecule has 5 nitrogen and oxygen atoms in total. The van der Waals surface area contributed by atoms with Gasteiger partial charge in [0.05, 0.1) is 5.75 Å². The number of hydrogen-bond donors (Lipinski definition) is 1. The summed E-state index contributed by atoms with van der Waals surface area (Å²) in [5.41, 5.74) is 4.09. The van der Waals surface area contributed by atoms with Crippen molar-refractivity contribution in [3.05, 3.63) is 65.5 Å². The molecule has 0 aliphatic heterocycles. The smallest absolute Gasteiger partial charge is 0.234 e. The Morgan fingerprint density at radius 1 is 1.00 bits per heavy atom. The largest absolute Gasteiger partial charge is 0.325 e. The Labute approximate surface area is 182 Å². The van der Waals surface area contributed by atoms with Crippen LogP contribution in [0.1, 0.15) is 55.0 Å². The maximum absolute atomic E-state index is 12.7. The molecule has 2 aromatic carbocycles. The fraction of sp³-hybridized carbons (Fsp3) is 0.375. The molecule has 1 heterocycles. The van der Waals surface area contributed by atoms with Crippen molar-refractivity contribution in [1.82, 2.24) is 14.8 Å². The molecule has 0 saturated heterocycles. The SMILES string of the molecule is Cc1cccc(C)c1NC(=O)CSc1nnc(C2CCCCC2)n1-c1ccccc1. The third-order valence-electron chi connectivity index (χ3n) is 5.72. The monoisotopic (exact) mass is 420 g/mol. The second-order valence-electron chi connectivity index (χ2n) is 7.95. The molecule has 0 unspecified atom stereocenters. The average Bonchev–Trinajstić information content (AvgIpc) is 3.20. The third kappa shape index (κ3) is 4.59. The van der Waals surface area contributed by atoms with E-state index in [-0.39, 0.29) is 5.91 Å². The van der Waals surface area contributed by atoms with Gasteiger partial charge in [-0.1, -0.05) is 67.4 Å². The summed E-state index contributed by atoms with van der Waals surface area (Å²) in [5.74, 6) is 1.73. The van der Waals surface area contributed by atoms with E-state index >= 15 is 0 Å². The molecule has 0 radical (unpaired) electrons. The summed E-state index contributed by atoms with van der Waals surface area (Å²) >= 11 is 1.44. The summed E-state index contributed by atoms with van der Waals surface area (Å²) in [6.07, 6.45) is 6.10. The van der Waals surface area contributed by atoms with Crippen molar-refractivity contribution in [1.29, 1.82) is 0 Å². The number of carbonyl (C=O) groups is 1. The van der Waals surface area contributed by atoms with Crippen LogP contribution < -0.4 is 5.32 Å². The maximum Gasteiger partial charge on any atom is 0.234 e. The van der Waals surface area contributed by atoms with Crippen molar-refractivity contribution in [2.45, 2.75) is 57.0 Å². The topological polar surface area (TPSA) is 59.8 Å². The summed E-state index contributed by atoms with van der Waals surface area (Å²) in [6.45, 7) is 4.02. The van der Waals surface area contributed by atoms with Gasteiger partial charge in [0.25, 0.3) is 0 Å². The van der Waals surface area contributed by atoms with Crippen LogP contribution in [0.3, 0.4) is 0 Å². The lowest BCUT2D eigenvalue weighted by Crippen LogP contribution is -2.16. The highest BCUT2D eigenvalue weighted by Gasteiger charge is 2.24. The highest BCUT2D eigenvalue weighted by Crippen LogP contribution is 2.35. The number of rotatable bonds is 6. The molecule has 30 heavy (non-hydrogen) atoms. The summed E-state index contributed by atoms with van der Waals surface area (Å²) in [5, 5.41) is 12.9. The second kappa shape index (κ2) is 9.47. The van der Waals surface area contributed by atoms with Crippen LogP contribution in [0.5, 0.6) is 0 Å². The van der Waals surface area contributed by atoms with E-state index in [0.29, 0.717) is 11.7 Å². The van der Waals surface area contributed by atoms with Crippen LogP contribution in [-0.2, 0) is 4.79 Å². The van der Waals surface area contributed by atoms with Gasteiger partial charge in [0, 0.05) is 17.3 Å². The van der Waals surface area contributed by atoms with Crippen LogP contribution in [0.4, 0.5) is 5.69 Å². The molecule has 1 aliphatic rings. The fourth-order valence-electron chi connectivity index (χ4n) is 4.14. The molecule has 1 N–H and O–H groups in total. The zero-order chi connectivity index (χ0) is 20.9. The predicted molar refractivity (Wildman–Crippen MR) is 122 cm³/mol. The highest BCUT2D eigenvalue weighted by atomic mass is 32.2. The van der Waals surface area contributed by atoms with Crippen LogP contribution in [-0.4, -0.2) is 26.4 Å². The zero-order valence-electron chi connectivity index (χ0n) is 17.6. The van der Waals surface area contributed by atoms with Gasteiger partial charge in [-0.3, -0.25) is 9.36 Å². The van der Waals surface area contributed by atoms with Crippen LogP contribution >= 0.6 is 11.8 Å². The molecule has 1 saturated carbocycles. The number of amides is 1. The summed E-state index contributed by atoms with van der Waals surface area (Å²) in [6, 6.07) is 16.3. The number of nitrogens with one attached hydrogen (secondary N) is 1. The maximum atomic E-state index is 12.7. The lowest BCUT2D eigenvalue weighted by Gasteiger charge is -2.22. The molecule has 1 amide bonds. The number of para-hydroxylation sites is 2. The minimum Gasteiger partial charge on any atom is -0.325 e. The number of anilines is 1. The Kier molecular flexibility index (Phi) is 6.53. The fourth-order valence-corrected chi connectivity index (χ4v) is 4.90. The predicted octanol–water partition coefficient (Wildman–Crippen LogP) is 5.66. The first-order chi connectivity index (χ1) is 14.6. The van der Waals surface area contributed by atoms with Crippen LogP contribution in [0.2, 0.25) is 0 Å². The van der Waals surface area contributed by atoms with E-state index in [4.69, 9.17) is 0 Å². The minimum absolute atomic E-state index is 0.0285. The number of carbonyl (C=O) groups excluding carboxylic acids is 1. The van der Waals surface area contributed by atoms with E-state index < -0.39 is 0 Å². The number of aromatic nitrogens is 3. The molecular weight excluding hydrogens is 392 g/mol. The van der Waals surface area contributed by atoms with Crippen molar-refractivity contribution < 1.29 is 4.79 Å². The Bertz CT molecular complexity index is 989. The zero-order valence-corrected chi connectivity index (χ0v) is 18.4. The van der Waals surface area contributed by atoms with Crippen molar-refractivity contribution in [2.24, 2.45) is 0 Å². The van der Waals surface area contributed by atoms with Crippen molar-refractivity contribution >= 4 is 23.4 Å². The van der Waals surface area contributed by atoms with E-state index in [1.807, 2.05) is 50.2 Å². The van der Waals surface area contributed by atoms with E-state index in [1.165, 1.54) is 31.0 Å². The van der Waals surface area contributed by atoms with Gasteiger partial charge in [-0.15, -0.1) is 10.2 Å². The Morgan fingerprint density at radius 3 is 2.40 bits per heavy atom. The Hall–Kier alpha value is -2.60. The number of nitrogens with zero attached hydrogens (tertiary/aromatic N) is 3. The van der Waals surface area contributed by atoms with Crippen LogP contribution in [0, 0.1) is 13.8 Å². The van der Waals surface area contributed by atoms with Crippen molar-refractivity contribution in [2.75, 3.05) is 11.1 Å². The highest BCUT2D eigenvalue weighted by molar-refractivity contribution is 7.99. The van der Waals surface area contributed by atoms with Gasteiger partial charge in [0.1, 0.15) is 5.82 Å². The molecule has 6 heteroatoms. The van der Waals surface area contributed by atoms with Gasteiger partial charge in [0.2, 0.25) is 5.91 Å². The molecule has 156 valence electrons. The van der Waals surface area contributed by atoms with Gasteiger partial charge in [-0.25, -0.2) is 0 Å². The molecular formula is C24H28N4OS. The minimum atomic E-state index is -0.0285. The van der Waals surface area contributed by atoms with Crippen molar-refractivity contribution in [3.63, 3.8) is 0 Å². The Balaban J connectivity index is 1.54. The Morgan fingerprint density at radius 2 is 1.70 bits per heavy atom. The molecule has 0 spiro atoms. The van der Waals surface area contributed by atoms with Gasteiger partial charge >= 0.3 is 0 Å². The first-order valence-electron chi connectivity index (χ1n) is 10.6. The van der Waals surface area contributed by atoms with E-state index in [9.17, 15) is 4.79 Å². The lowest BCUT2D eigenvalue weighted by molar-refractivity contribution is -0.113. The van der Waals surface area contributed by atoms with E-state index in [1.54, 1.807) is 0 Å². The van der Waals surface area contributed by atoms with Crippen LogP contribution in [0.25, 0.3) is 5.69 Å². The molecule has 1 fully saturated rings. The van der Waals surface area contributed by atoms with E-state index in [0.717, 1.165) is 46.3 Å². The normalized spacial score (nSPS) is 14.6. The molecule has 4 rings (SSSR count). The summed E-state index contributed by atoms with van der Waals surface area (Å²) < 4.78 is 2.15. The molecule has 3 aromatic rings. The molecule has 0 atom stereocenters. The van der Waals surface area contributed by atoms with Gasteiger partial charge in [0.15, 0.2) is 5.16 Å². The molecule has 1 aliphatic carbocycles. The number of thioether (sulfide) groups is 1. The molecule has 1 aromatic heterocycles. The van der Waals surface area contributed by atoms with Crippen LogP contribution in [0.15, 0.2) is 53.7 Å². The second-order valence-corrected chi connectivity index (χ2v) is 8.89. The lowest BCUT2D eigenvalue weighted by atomic mass is 9.88. The van der Waals surface area contributed by atoms with Crippen molar-refractivity contribution in [3.8, 4) is 5.69 Å². The first kappa shape index (κ1) is 20.7. The van der Waals surface area contributed by atoms with Gasteiger partial charge < -0.3 is 5.32 Å². The average molecular weight is 421 g/mol. The quantitative estimate of drug-likeness (QED) is 0.523. The first-order valence-corrected chi connectivity index (χ1v) is 11.6.